The Kier molecular flexibility index (Phi) is 7.82. The second-order valence-corrected chi connectivity index (χ2v) is 8.97. The molecule has 0 spiro atoms. The van der Waals surface area contributed by atoms with Crippen LogP contribution >= 0.6 is 0 Å². The number of carbonyl (C=O) groups excluding carboxylic acids is 2. The molecule has 0 saturated carbocycles. The number of carbonyl (C=O) groups is 2. The Labute approximate surface area is 216 Å². The van der Waals surface area contributed by atoms with Crippen LogP contribution in [0, 0.1) is 0 Å². The third-order valence-corrected chi connectivity index (χ3v) is 6.04. The van der Waals surface area contributed by atoms with Crippen molar-refractivity contribution in [2.75, 3.05) is 13.7 Å². The number of aliphatic hydroxyl groups is 1. The number of hydrogen-bond donors (Lipinski definition) is 1. The molecule has 192 valence electrons. The van der Waals surface area contributed by atoms with Crippen molar-refractivity contribution in [3.8, 4) is 17.2 Å². The highest BCUT2D eigenvalue weighted by Crippen LogP contribution is 2.41. The fourth-order valence-corrected chi connectivity index (χ4v) is 4.37. The van der Waals surface area contributed by atoms with E-state index in [2.05, 4.69) is 0 Å². The second-order valence-electron chi connectivity index (χ2n) is 8.97. The van der Waals surface area contributed by atoms with E-state index in [-0.39, 0.29) is 24.0 Å². The Morgan fingerprint density at radius 3 is 2.24 bits per heavy atom. The second kappa shape index (κ2) is 11.2. The largest absolute Gasteiger partial charge is 0.507 e. The lowest BCUT2D eigenvalue weighted by Crippen LogP contribution is -2.29. The van der Waals surface area contributed by atoms with Gasteiger partial charge in [0.2, 0.25) is 0 Å². The molecule has 4 rings (SSSR count). The number of benzene rings is 3. The Balaban J connectivity index is 1.77. The lowest BCUT2D eigenvalue weighted by molar-refractivity contribution is -0.140. The molecule has 3 aromatic rings. The Morgan fingerprint density at radius 1 is 0.946 bits per heavy atom. The summed E-state index contributed by atoms with van der Waals surface area (Å²) >= 11 is 0. The van der Waals surface area contributed by atoms with Crippen LogP contribution in [-0.2, 0) is 16.1 Å². The molecule has 1 heterocycles. The molecule has 7 heteroatoms. The Morgan fingerprint density at radius 2 is 1.62 bits per heavy atom. The third kappa shape index (κ3) is 5.61. The van der Waals surface area contributed by atoms with E-state index in [4.69, 9.17) is 14.2 Å². The number of aliphatic hydroxyl groups excluding tert-OH is 1. The summed E-state index contributed by atoms with van der Waals surface area (Å²) in [4.78, 5) is 28.1. The fraction of sp³-hybridized carbons (Fsp3) is 0.267. The SMILES string of the molecule is CCOc1cccc(/C(O)=C2/C(=O)C(=O)N(Cc3ccc(OC(C)C)cc3)C2c2ccc(OC)cc2)c1. The van der Waals surface area contributed by atoms with Crippen molar-refractivity contribution in [2.24, 2.45) is 0 Å². The van der Waals surface area contributed by atoms with Crippen molar-refractivity contribution in [3.05, 3.63) is 95.1 Å². The van der Waals surface area contributed by atoms with Gasteiger partial charge >= 0.3 is 0 Å². The van der Waals surface area contributed by atoms with E-state index in [1.54, 1.807) is 55.6 Å². The van der Waals surface area contributed by atoms with Crippen molar-refractivity contribution < 1.29 is 28.9 Å². The normalized spacial score (nSPS) is 16.8. The highest BCUT2D eigenvalue weighted by molar-refractivity contribution is 6.46. The summed E-state index contributed by atoms with van der Waals surface area (Å²) in [5, 5.41) is 11.3. The smallest absolute Gasteiger partial charge is 0.295 e. The molecule has 0 aromatic heterocycles. The zero-order valence-corrected chi connectivity index (χ0v) is 21.4. The van der Waals surface area contributed by atoms with Gasteiger partial charge in [-0.2, -0.15) is 0 Å². The maximum Gasteiger partial charge on any atom is 0.295 e. The molecule has 7 nitrogen and oxygen atoms in total. The summed E-state index contributed by atoms with van der Waals surface area (Å²) in [6.07, 6.45) is 0.0417. The molecule has 0 aliphatic carbocycles. The van der Waals surface area contributed by atoms with Gasteiger partial charge in [-0.1, -0.05) is 36.4 Å². The van der Waals surface area contributed by atoms with Crippen molar-refractivity contribution >= 4 is 17.4 Å². The average Bonchev–Trinajstić information content (AvgIpc) is 3.14. The molecule has 3 aromatic carbocycles. The van der Waals surface area contributed by atoms with E-state index >= 15 is 0 Å². The quantitative estimate of drug-likeness (QED) is 0.237. The van der Waals surface area contributed by atoms with Crippen LogP contribution in [0.15, 0.2) is 78.4 Å². The zero-order chi connectivity index (χ0) is 26.5. The number of ketones is 1. The van der Waals surface area contributed by atoms with Crippen LogP contribution in [0.4, 0.5) is 0 Å². The number of hydrogen-bond acceptors (Lipinski definition) is 6. The maximum atomic E-state index is 13.3. The first-order valence-corrected chi connectivity index (χ1v) is 12.2. The van der Waals surface area contributed by atoms with E-state index in [0.29, 0.717) is 29.2 Å². The number of likely N-dealkylation sites (tertiary alicyclic amines) is 1. The zero-order valence-electron chi connectivity index (χ0n) is 21.4. The molecule has 1 fully saturated rings. The van der Waals surface area contributed by atoms with Crippen LogP contribution in [-0.4, -0.2) is 41.5 Å². The molecular weight excluding hydrogens is 470 g/mol. The predicted molar refractivity (Wildman–Crippen MR) is 141 cm³/mol. The van der Waals surface area contributed by atoms with Crippen LogP contribution in [0.2, 0.25) is 0 Å². The van der Waals surface area contributed by atoms with Crippen LogP contribution in [0.25, 0.3) is 5.76 Å². The molecular formula is C30H31NO6. The first-order valence-electron chi connectivity index (χ1n) is 12.2. The molecule has 0 radical (unpaired) electrons. The topological polar surface area (TPSA) is 85.3 Å². The van der Waals surface area contributed by atoms with Gasteiger partial charge in [-0.3, -0.25) is 9.59 Å². The van der Waals surface area contributed by atoms with Gasteiger partial charge in [0.25, 0.3) is 11.7 Å². The average molecular weight is 502 g/mol. The number of nitrogens with zero attached hydrogens (tertiary/aromatic N) is 1. The van der Waals surface area contributed by atoms with E-state index in [1.807, 2.05) is 45.0 Å². The molecule has 1 aliphatic rings. The molecule has 1 saturated heterocycles. The van der Waals surface area contributed by atoms with Gasteiger partial charge in [-0.15, -0.1) is 0 Å². The number of Topliss-reactive ketones (excluding diaryl/α,β-unsaturated/α-hetero) is 1. The number of amides is 1. The lowest BCUT2D eigenvalue weighted by Gasteiger charge is -2.25. The third-order valence-electron chi connectivity index (χ3n) is 6.04. The van der Waals surface area contributed by atoms with Crippen LogP contribution in [0.5, 0.6) is 17.2 Å². The molecule has 37 heavy (non-hydrogen) atoms. The van der Waals surface area contributed by atoms with E-state index < -0.39 is 17.7 Å². The van der Waals surface area contributed by atoms with Gasteiger partial charge in [-0.25, -0.2) is 0 Å². The maximum absolute atomic E-state index is 13.3. The minimum Gasteiger partial charge on any atom is -0.507 e. The van der Waals surface area contributed by atoms with Gasteiger partial charge in [0.05, 0.1) is 31.4 Å². The van der Waals surface area contributed by atoms with Crippen molar-refractivity contribution in [1.29, 1.82) is 0 Å². The summed E-state index contributed by atoms with van der Waals surface area (Å²) in [5.74, 6) is 0.271. The molecule has 1 atom stereocenters. The van der Waals surface area contributed by atoms with Crippen LogP contribution in [0.1, 0.15) is 43.5 Å². The van der Waals surface area contributed by atoms with E-state index in [9.17, 15) is 14.7 Å². The van der Waals surface area contributed by atoms with Gasteiger partial charge in [0.1, 0.15) is 23.0 Å². The summed E-state index contributed by atoms with van der Waals surface area (Å²) in [6, 6.07) is 20.6. The predicted octanol–water partition coefficient (Wildman–Crippen LogP) is 5.50. The molecule has 1 unspecified atom stereocenters. The lowest BCUT2D eigenvalue weighted by atomic mass is 9.95. The van der Waals surface area contributed by atoms with Crippen molar-refractivity contribution in [1.82, 2.24) is 4.90 Å². The van der Waals surface area contributed by atoms with Gasteiger partial charge < -0.3 is 24.2 Å². The van der Waals surface area contributed by atoms with Crippen LogP contribution < -0.4 is 14.2 Å². The summed E-state index contributed by atoms with van der Waals surface area (Å²) < 4.78 is 16.6. The van der Waals surface area contributed by atoms with Crippen LogP contribution in [0.3, 0.4) is 0 Å². The van der Waals surface area contributed by atoms with Gasteiger partial charge in [0, 0.05) is 12.1 Å². The molecule has 1 amide bonds. The van der Waals surface area contributed by atoms with Gasteiger partial charge in [0.15, 0.2) is 0 Å². The molecule has 1 N–H and O–H groups in total. The number of methoxy groups -OCH3 is 1. The first kappa shape index (κ1) is 25.8. The highest BCUT2D eigenvalue weighted by atomic mass is 16.5. The number of ether oxygens (including phenoxy) is 3. The monoisotopic (exact) mass is 501 g/mol. The standard InChI is InChI=1S/C30H31NO6/c1-5-36-25-8-6-7-22(17-25)28(32)26-27(21-11-15-23(35-4)16-12-21)31(30(34)29(26)33)18-20-9-13-24(14-10-20)37-19(2)3/h6-17,19,27,32H,5,18H2,1-4H3/b28-26-. The van der Waals surface area contributed by atoms with Gasteiger partial charge in [-0.05, 0) is 68.3 Å². The summed E-state index contributed by atoms with van der Waals surface area (Å²) in [5.41, 5.74) is 1.94. The fourth-order valence-electron chi connectivity index (χ4n) is 4.37. The van der Waals surface area contributed by atoms with Crippen molar-refractivity contribution in [2.45, 2.75) is 39.5 Å². The Hall–Kier alpha value is -4.26. The van der Waals surface area contributed by atoms with E-state index in [0.717, 1.165) is 11.3 Å². The molecule has 1 aliphatic heterocycles. The minimum absolute atomic E-state index is 0.0311. The van der Waals surface area contributed by atoms with Crippen molar-refractivity contribution in [3.63, 3.8) is 0 Å². The van der Waals surface area contributed by atoms with E-state index in [1.165, 1.54) is 4.90 Å². The number of rotatable bonds is 9. The molecule has 0 bridgehead atoms. The summed E-state index contributed by atoms with van der Waals surface area (Å²) in [6.45, 7) is 6.40. The highest BCUT2D eigenvalue weighted by Gasteiger charge is 2.46. The minimum atomic E-state index is -0.784. The Bertz CT molecular complexity index is 1290. The summed E-state index contributed by atoms with van der Waals surface area (Å²) in [7, 11) is 1.57. The first-order chi connectivity index (χ1) is 17.8.